The van der Waals surface area contributed by atoms with E-state index in [1.54, 1.807) is 24.3 Å². The van der Waals surface area contributed by atoms with E-state index in [1.807, 2.05) is 6.92 Å². The van der Waals surface area contributed by atoms with Crippen LogP contribution in [-0.4, -0.2) is 27.8 Å². The van der Waals surface area contributed by atoms with Crippen LogP contribution in [0.3, 0.4) is 0 Å². The van der Waals surface area contributed by atoms with E-state index in [-0.39, 0.29) is 23.1 Å². The molecule has 0 fully saturated rings. The molecule has 130 valence electrons. The van der Waals surface area contributed by atoms with Crippen LogP contribution in [0.25, 0.3) is 0 Å². The van der Waals surface area contributed by atoms with Crippen LogP contribution in [-0.2, 0) is 12.8 Å². The lowest BCUT2D eigenvalue weighted by Crippen LogP contribution is -2.37. The van der Waals surface area contributed by atoms with E-state index in [4.69, 9.17) is 0 Å². The number of amides is 1. The van der Waals surface area contributed by atoms with Gasteiger partial charge in [-0.3, -0.25) is 14.4 Å². The van der Waals surface area contributed by atoms with Gasteiger partial charge in [0.1, 0.15) is 11.3 Å². The zero-order chi connectivity index (χ0) is 18.0. The van der Waals surface area contributed by atoms with E-state index >= 15 is 0 Å². The number of phenols is 1. The summed E-state index contributed by atoms with van der Waals surface area (Å²) in [5.41, 5.74) is 1.52. The van der Waals surface area contributed by atoms with Crippen molar-refractivity contribution in [2.75, 3.05) is 0 Å². The highest BCUT2D eigenvalue weighted by Gasteiger charge is 2.22. The molecule has 6 heteroatoms. The van der Waals surface area contributed by atoms with Gasteiger partial charge in [-0.2, -0.15) is 0 Å². The molecule has 1 aromatic carbocycles. The van der Waals surface area contributed by atoms with Gasteiger partial charge in [-0.1, -0.05) is 12.1 Å². The third kappa shape index (κ3) is 3.79. The van der Waals surface area contributed by atoms with Crippen LogP contribution in [0.5, 0.6) is 5.75 Å². The van der Waals surface area contributed by atoms with E-state index in [2.05, 4.69) is 10.3 Å². The average molecular weight is 340 g/mol. The number of Topliss-reactive ketones (excluding diaryl/α,β-unsaturated/α-hetero) is 1. The number of hydrogen-bond donors (Lipinski definition) is 3. The van der Waals surface area contributed by atoms with Gasteiger partial charge in [0.2, 0.25) is 0 Å². The lowest BCUT2D eigenvalue weighted by atomic mass is 9.93. The molecule has 3 N–H and O–H groups in total. The molecule has 1 unspecified atom stereocenters. The first-order valence-corrected chi connectivity index (χ1v) is 8.32. The summed E-state index contributed by atoms with van der Waals surface area (Å²) in [5.74, 6) is -0.344. The summed E-state index contributed by atoms with van der Waals surface area (Å²) in [4.78, 5) is 39.3. The molecule has 1 atom stereocenters. The Hall–Kier alpha value is -2.89. The highest BCUT2D eigenvalue weighted by molar-refractivity contribution is 6.01. The molecule has 0 aliphatic heterocycles. The van der Waals surface area contributed by atoms with Gasteiger partial charge in [0.15, 0.2) is 5.78 Å². The van der Waals surface area contributed by atoms with Crippen LogP contribution in [0.4, 0.5) is 0 Å². The van der Waals surface area contributed by atoms with Crippen molar-refractivity contribution in [3.8, 4) is 5.75 Å². The standard InChI is InChI=1S/C19H20N2O4/c1-11(9-12-5-7-13(22)8-6-12)20-18(24)15-10-14-16(21-19(15)25)3-2-4-17(14)23/h5-8,10-11,22H,2-4,9H2,1H3,(H,20,24)(H,21,25). The fourth-order valence-corrected chi connectivity index (χ4v) is 3.08. The molecule has 0 saturated carbocycles. The Morgan fingerprint density at radius 2 is 1.96 bits per heavy atom. The number of carbonyl (C=O) groups excluding carboxylic acids is 2. The number of aryl methyl sites for hydroxylation is 1. The van der Waals surface area contributed by atoms with Gasteiger partial charge in [-0.25, -0.2) is 0 Å². The molecule has 1 aliphatic rings. The first-order chi connectivity index (χ1) is 11.9. The Morgan fingerprint density at radius 3 is 2.68 bits per heavy atom. The zero-order valence-electron chi connectivity index (χ0n) is 14.0. The topological polar surface area (TPSA) is 99.3 Å². The van der Waals surface area contributed by atoms with Crippen molar-refractivity contribution in [2.24, 2.45) is 0 Å². The highest BCUT2D eigenvalue weighted by atomic mass is 16.3. The Morgan fingerprint density at radius 1 is 1.24 bits per heavy atom. The molecule has 0 bridgehead atoms. The number of benzene rings is 1. The van der Waals surface area contributed by atoms with E-state index in [0.717, 1.165) is 12.0 Å². The second kappa shape index (κ2) is 6.93. The van der Waals surface area contributed by atoms with Gasteiger partial charge in [-0.15, -0.1) is 0 Å². The summed E-state index contributed by atoms with van der Waals surface area (Å²) in [6.07, 6.45) is 2.37. The number of pyridine rings is 1. The predicted molar refractivity (Wildman–Crippen MR) is 93.1 cm³/mol. The Kier molecular flexibility index (Phi) is 4.70. The van der Waals surface area contributed by atoms with Crippen molar-refractivity contribution >= 4 is 11.7 Å². The van der Waals surface area contributed by atoms with Gasteiger partial charge in [0, 0.05) is 23.7 Å². The maximum Gasteiger partial charge on any atom is 0.261 e. The van der Waals surface area contributed by atoms with Crippen molar-refractivity contribution in [3.63, 3.8) is 0 Å². The maximum absolute atomic E-state index is 12.4. The number of hydrogen-bond acceptors (Lipinski definition) is 4. The Labute approximate surface area is 144 Å². The van der Waals surface area contributed by atoms with Gasteiger partial charge in [0.25, 0.3) is 11.5 Å². The van der Waals surface area contributed by atoms with E-state index < -0.39 is 11.5 Å². The van der Waals surface area contributed by atoms with Crippen molar-refractivity contribution in [1.29, 1.82) is 0 Å². The molecule has 0 radical (unpaired) electrons. The van der Waals surface area contributed by atoms with Crippen LogP contribution >= 0.6 is 0 Å². The van der Waals surface area contributed by atoms with Gasteiger partial charge in [-0.05, 0) is 49.9 Å². The summed E-state index contributed by atoms with van der Waals surface area (Å²) in [6.45, 7) is 1.84. The van der Waals surface area contributed by atoms with Crippen molar-refractivity contribution in [1.82, 2.24) is 10.3 Å². The SMILES string of the molecule is CC(Cc1ccc(O)cc1)NC(=O)c1cc2c([nH]c1=O)CCCC2=O. The van der Waals surface area contributed by atoms with Crippen LogP contribution < -0.4 is 10.9 Å². The molecule has 1 aliphatic carbocycles. The van der Waals surface area contributed by atoms with E-state index in [9.17, 15) is 19.5 Å². The molecule has 1 amide bonds. The molecule has 1 heterocycles. The fourth-order valence-electron chi connectivity index (χ4n) is 3.08. The molecule has 0 saturated heterocycles. The molecule has 6 nitrogen and oxygen atoms in total. The minimum Gasteiger partial charge on any atom is -0.508 e. The normalized spacial score (nSPS) is 14.7. The minimum absolute atomic E-state index is 0.0356. The van der Waals surface area contributed by atoms with Gasteiger partial charge < -0.3 is 15.4 Å². The van der Waals surface area contributed by atoms with Gasteiger partial charge >= 0.3 is 0 Å². The smallest absolute Gasteiger partial charge is 0.261 e. The van der Waals surface area contributed by atoms with Gasteiger partial charge in [0.05, 0.1) is 0 Å². The quantitative estimate of drug-likeness (QED) is 0.792. The summed E-state index contributed by atoms with van der Waals surface area (Å²) < 4.78 is 0. The maximum atomic E-state index is 12.4. The van der Waals surface area contributed by atoms with Crippen LogP contribution in [0.15, 0.2) is 35.1 Å². The minimum atomic E-state index is -0.492. The number of ketones is 1. The van der Waals surface area contributed by atoms with Crippen LogP contribution in [0.2, 0.25) is 0 Å². The number of nitrogens with one attached hydrogen (secondary N) is 2. The lowest BCUT2D eigenvalue weighted by Gasteiger charge is -2.17. The second-order valence-corrected chi connectivity index (χ2v) is 6.43. The number of fused-ring (bicyclic) bond motifs is 1. The first-order valence-electron chi connectivity index (χ1n) is 8.32. The third-order valence-corrected chi connectivity index (χ3v) is 4.35. The molecule has 3 rings (SSSR count). The van der Waals surface area contributed by atoms with E-state index in [1.165, 1.54) is 6.07 Å². The molecule has 1 aromatic heterocycles. The monoisotopic (exact) mass is 340 g/mol. The number of aromatic amines is 1. The zero-order valence-corrected chi connectivity index (χ0v) is 14.0. The van der Waals surface area contributed by atoms with Crippen molar-refractivity contribution in [2.45, 2.75) is 38.6 Å². The largest absolute Gasteiger partial charge is 0.508 e. The highest BCUT2D eigenvalue weighted by Crippen LogP contribution is 2.19. The number of rotatable bonds is 4. The number of aromatic hydroxyl groups is 1. The predicted octanol–water partition coefficient (Wildman–Crippen LogP) is 1.96. The summed E-state index contributed by atoms with van der Waals surface area (Å²) in [7, 11) is 0. The lowest BCUT2D eigenvalue weighted by molar-refractivity contribution is 0.0938. The number of carbonyl (C=O) groups is 2. The molecular weight excluding hydrogens is 320 g/mol. The number of H-pyrrole nitrogens is 1. The summed E-state index contributed by atoms with van der Waals surface area (Å²) in [6, 6.07) is 7.94. The summed E-state index contributed by atoms with van der Waals surface area (Å²) >= 11 is 0. The van der Waals surface area contributed by atoms with Crippen molar-refractivity contribution in [3.05, 3.63) is 63.1 Å². The Bertz CT molecular complexity index is 868. The fraction of sp³-hybridized carbons (Fsp3) is 0.316. The first kappa shape index (κ1) is 17.0. The third-order valence-electron chi connectivity index (χ3n) is 4.35. The molecular formula is C19H20N2O4. The average Bonchev–Trinajstić information content (AvgIpc) is 2.56. The van der Waals surface area contributed by atoms with Crippen LogP contribution in [0, 0.1) is 0 Å². The second-order valence-electron chi connectivity index (χ2n) is 6.43. The van der Waals surface area contributed by atoms with E-state index in [0.29, 0.717) is 30.5 Å². The molecule has 0 spiro atoms. The van der Waals surface area contributed by atoms with Crippen LogP contribution in [0.1, 0.15) is 51.7 Å². The molecule has 25 heavy (non-hydrogen) atoms. The number of phenolic OH excluding ortho intramolecular Hbond substituents is 1. The molecule has 2 aromatic rings. The Balaban J connectivity index is 1.74. The summed E-state index contributed by atoms with van der Waals surface area (Å²) in [5, 5.41) is 12.1. The number of aromatic nitrogens is 1. The van der Waals surface area contributed by atoms with Crippen molar-refractivity contribution < 1.29 is 14.7 Å².